The highest BCUT2D eigenvalue weighted by atomic mass is 16.7. The van der Waals surface area contributed by atoms with E-state index in [1.807, 2.05) is 0 Å². The molecule has 16 atom stereocenters. The predicted molar refractivity (Wildman–Crippen MR) is 131 cm³/mol. The molecule has 1 aliphatic carbocycles. The Morgan fingerprint density at radius 2 is 1.45 bits per heavy atom. The van der Waals surface area contributed by atoms with Crippen molar-refractivity contribution in [3.05, 3.63) is 0 Å². The van der Waals surface area contributed by atoms with Gasteiger partial charge >= 0.3 is 0 Å². The molecule has 3 fully saturated rings. The number of carbonyl (C=O) groups excluding carboxylic acids is 1. The number of rotatable bonds is 10. The van der Waals surface area contributed by atoms with Crippen LogP contribution < -0.4 is 28.3 Å². The standard InChI is InChI=1S/C22H43N5O13/c23-2-1-8(29)20(36)27-7-3-6(25)18(39-22-16(34)15(33)13(31)9(4-24)37-22)17(35)19(7)40-21-14(32)11(26)12(30)10(5-28)38-21/h6-19,21-22,28-35H,1-5,23-26H2,(H,27,36)/t6-,7+,8-,9+,10+,11+,12+,13+,14+,15-,16+,17+,18+,19-,21-,22-/m0/s1. The number of carbonyl (C=O) groups is 1. The number of nitrogens with two attached hydrogens (primary N) is 4. The Bertz CT molecular complexity index is 815. The summed E-state index contributed by atoms with van der Waals surface area (Å²) >= 11 is 0. The zero-order valence-electron chi connectivity index (χ0n) is 21.7. The zero-order valence-corrected chi connectivity index (χ0v) is 21.7. The van der Waals surface area contributed by atoms with Crippen molar-refractivity contribution >= 4 is 5.91 Å². The maximum Gasteiger partial charge on any atom is 0.249 e. The number of ether oxygens (including phenoxy) is 4. The number of aliphatic hydroxyl groups excluding tert-OH is 8. The molecule has 2 heterocycles. The fourth-order valence-electron chi connectivity index (χ4n) is 5.07. The third kappa shape index (κ3) is 7.06. The normalized spacial score (nSPS) is 47.0. The van der Waals surface area contributed by atoms with Gasteiger partial charge in [-0.05, 0) is 19.4 Å². The minimum absolute atomic E-state index is 0.0101. The van der Waals surface area contributed by atoms with Crippen molar-refractivity contribution in [1.29, 1.82) is 0 Å². The van der Waals surface area contributed by atoms with Gasteiger partial charge in [-0.2, -0.15) is 0 Å². The Morgan fingerprint density at radius 1 is 0.850 bits per heavy atom. The molecule has 0 aromatic rings. The van der Waals surface area contributed by atoms with Gasteiger partial charge in [-0.3, -0.25) is 4.79 Å². The van der Waals surface area contributed by atoms with Gasteiger partial charge in [0.15, 0.2) is 12.6 Å². The van der Waals surface area contributed by atoms with E-state index in [1.165, 1.54) is 0 Å². The number of nitrogens with one attached hydrogen (secondary N) is 1. The minimum atomic E-state index is -1.76. The molecule has 0 radical (unpaired) electrons. The van der Waals surface area contributed by atoms with Crippen molar-refractivity contribution in [3.63, 3.8) is 0 Å². The molecule has 3 rings (SSSR count). The van der Waals surface area contributed by atoms with E-state index in [4.69, 9.17) is 41.9 Å². The molecular weight excluding hydrogens is 542 g/mol. The lowest BCUT2D eigenvalue weighted by atomic mass is 9.83. The summed E-state index contributed by atoms with van der Waals surface area (Å²) < 4.78 is 22.5. The van der Waals surface area contributed by atoms with Gasteiger partial charge in [0.05, 0.1) is 18.7 Å². The van der Waals surface area contributed by atoms with Gasteiger partial charge < -0.3 is 88.1 Å². The molecule has 40 heavy (non-hydrogen) atoms. The maximum absolute atomic E-state index is 12.6. The van der Waals surface area contributed by atoms with Gasteiger partial charge in [0.25, 0.3) is 0 Å². The molecule has 17 N–H and O–H groups in total. The lowest BCUT2D eigenvalue weighted by molar-refractivity contribution is -0.332. The van der Waals surface area contributed by atoms with E-state index in [2.05, 4.69) is 5.32 Å². The van der Waals surface area contributed by atoms with Crippen molar-refractivity contribution in [3.8, 4) is 0 Å². The minimum Gasteiger partial charge on any atom is -0.394 e. The van der Waals surface area contributed by atoms with Crippen molar-refractivity contribution in [1.82, 2.24) is 5.32 Å². The third-order valence-corrected chi connectivity index (χ3v) is 7.51. The molecule has 0 bridgehead atoms. The highest BCUT2D eigenvalue weighted by molar-refractivity contribution is 5.80. The number of aliphatic hydroxyl groups is 8. The van der Waals surface area contributed by atoms with E-state index in [0.29, 0.717) is 0 Å². The SMILES string of the molecule is NCC[C@H](O)C(=O)N[C@@H]1C[C@H](N)[C@@H](O[C@@H]2O[C@H](CN)[C@@H](O)[C@H](O)[C@H]2O)[C@@H](O)[C@H]1O[C@@H]1O[C@H](CO)[C@@H](O)[C@@H](N)[C@H]1O. The summed E-state index contributed by atoms with van der Waals surface area (Å²) in [5, 5.41) is 84.9. The van der Waals surface area contributed by atoms with Crippen LogP contribution in [0.1, 0.15) is 12.8 Å². The summed E-state index contributed by atoms with van der Waals surface area (Å²) in [6, 6.07) is -3.45. The molecule has 18 heteroatoms. The topological polar surface area (TPSA) is 332 Å². The second-order valence-electron chi connectivity index (χ2n) is 10.3. The molecule has 0 aromatic heterocycles. The van der Waals surface area contributed by atoms with Gasteiger partial charge in [-0.25, -0.2) is 0 Å². The Labute approximate surface area is 229 Å². The largest absolute Gasteiger partial charge is 0.394 e. The molecule has 1 amide bonds. The molecule has 3 aliphatic rings. The van der Waals surface area contributed by atoms with Crippen molar-refractivity contribution in [2.45, 2.75) is 111 Å². The Kier molecular flexibility index (Phi) is 11.9. The van der Waals surface area contributed by atoms with Gasteiger partial charge in [-0.1, -0.05) is 0 Å². The summed E-state index contributed by atoms with van der Waals surface area (Å²) in [6.45, 7) is -0.898. The quantitative estimate of drug-likeness (QED) is 0.113. The first-order valence-electron chi connectivity index (χ1n) is 13.1. The van der Waals surface area contributed by atoms with Crippen LogP contribution in [0.4, 0.5) is 0 Å². The number of hydrogen-bond donors (Lipinski definition) is 13. The van der Waals surface area contributed by atoms with Crippen molar-refractivity contribution < 1.29 is 64.6 Å². The van der Waals surface area contributed by atoms with Crippen LogP contribution in [0, 0.1) is 0 Å². The monoisotopic (exact) mass is 585 g/mol. The third-order valence-electron chi connectivity index (χ3n) is 7.51. The molecule has 0 aromatic carbocycles. The summed E-state index contributed by atoms with van der Waals surface area (Å²) in [5.41, 5.74) is 23.1. The molecule has 2 aliphatic heterocycles. The molecule has 18 nitrogen and oxygen atoms in total. The summed E-state index contributed by atoms with van der Waals surface area (Å²) in [5.74, 6) is -0.845. The second kappa shape index (κ2) is 14.3. The lowest BCUT2D eigenvalue weighted by Crippen LogP contribution is -2.69. The Morgan fingerprint density at radius 3 is 2.05 bits per heavy atom. The Hall–Kier alpha value is -1.17. The Balaban J connectivity index is 1.85. The molecule has 2 saturated heterocycles. The predicted octanol–water partition coefficient (Wildman–Crippen LogP) is -8.42. The molecular formula is C22H43N5O13. The average molecular weight is 586 g/mol. The van der Waals surface area contributed by atoms with Crippen LogP contribution in [0.15, 0.2) is 0 Å². The van der Waals surface area contributed by atoms with Gasteiger partial charge in [0, 0.05) is 12.6 Å². The van der Waals surface area contributed by atoms with Crippen LogP contribution >= 0.6 is 0 Å². The van der Waals surface area contributed by atoms with Gasteiger partial charge in [-0.15, -0.1) is 0 Å². The van der Waals surface area contributed by atoms with Crippen molar-refractivity contribution in [2.75, 3.05) is 19.7 Å². The number of amides is 1. The van der Waals surface area contributed by atoms with Crippen LogP contribution in [0.5, 0.6) is 0 Å². The van der Waals surface area contributed by atoms with E-state index in [0.717, 1.165) is 0 Å². The molecule has 1 saturated carbocycles. The van der Waals surface area contributed by atoms with Gasteiger partial charge in [0.1, 0.15) is 67.1 Å². The zero-order chi connectivity index (χ0) is 29.9. The lowest BCUT2D eigenvalue weighted by Gasteiger charge is -2.49. The highest BCUT2D eigenvalue weighted by Gasteiger charge is 2.52. The van der Waals surface area contributed by atoms with E-state index < -0.39 is 110 Å². The van der Waals surface area contributed by atoms with Crippen LogP contribution in [0.2, 0.25) is 0 Å². The molecule has 0 unspecified atom stereocenters. The van der Waals surface area contributed by atoms with Crippen LogP contribution in [-0.4, -0.2) is 164 Å². The first-order valence-corrected chi connectivity index (χ1v) is 13.1. The number of hydrogen-bond acceptors (Lipinski definition) is 17. The molecule has 234 valence electrons. The van der Waals surface area contributed by atoms with Crippen LogP contribution in [-0.2, 0) is 23.7 Å². The molecule has 0 spiro atoms. The van der Waals surface area contributed by atoms with E-state index in [9.17, 15) is 45.6 Å². The van der Waals surface area contributed by atoms with Crippen LogP contribution in [0.25, 0.3) is 0 Å². The summed E-state index contributed by atoms with van der Waals surface area (Å²) in [4.78, 5) is 12.6. The van der Waals surface area contributed by atoms with E-state index >= 15 is 0 Å². The first-order chi connectivity index (χ1) is 18.9. The van der Waals surface area contributed by atoms with Crippen LogP contribution in [0.3, 0.4) is 0 Å². The highest BCUT2D eigenvalue weighted by Crippen LogP contribution is 2.32. The van der Waals surface area contributed by atoms with E-state index in [1.54, 1.807) is 0 Å². The summed E-state index contributed by atoms with van der Waals surface area (Å²) in [6.07, 6.45) is -19.8. The van der Waals surface area contributed by atoms with E-state index in [-0.39, 0.29) is 25.9 Å². The fraction of sp³-hybridized carbons (Fsp3) is 0.955. The van der Waals surface area contributed by atoms with Gasteiger partial charge in [0.2, 0.25) is 5.91 Å². The van der Waals surface area contributed by atoms with Crippen molar-refractivity contribution in [2.24, 2.45) is 22.9 Å². The average Bonchev–Trinajstić information content (AvgIpc) is 2.92. The second-order valence-corrected chi connectivity index (χ2v) is 10.3. The fourth-order valence-corrected chi connectivity index (χ4v) is 5.07. The summed E-state index contributed by atoms with van der Waals surface area (Å²) in [7, 11) is 0. The first kappa shape index (κ1) is 33.3. The smallest absolute Gasteiger partial charge is 0.249 e. The maximum atomic E-state index is 12.6.